The van der Waals surface area contributed by atoms with E-state index in [9.17, 15) is 0 Å². The second kappa shape index (κ2) is 4.77. The van der Waals surface area contributed by atoms with Gasteiger partial charge in [0.2, 0.25) is 0 Å². The SMILES string of the molecule is CN1CCNCC1.[Na]. The van der Waals surface area contributed by atoms with Crippen LogP contribution in [0.3, 0.4) is 0 Å². The summed E-state index contributed by atoms with van der Waals surface area (Å²) < 4.78 is 0. The normalized spacial score (nSPS) is 22.1. The van der Waals surface area contributed by atoms with Crippen molar-refractivity contribution in [3.63, 3.8) is 0 Å². The zero-order valence-electron chi connectivity index (χ0n) is 5.78. The van der Waals surface area contributed by atoms with E-state index in [1.807, 2.05) is 0 Å². The third-order valence-corrected chi connectivity index (χ3v) is 1.34. The fourth-order valence-electron chi connectivity index (χ4n) is 0.777. The molecule has 43 valence electrons. The molecule has 1 aliphatic heterocycles. The van der Waals surface area contributed by atoms with E-state index in [0.717, 1.165) is 13.1 Å². The molecule has 3 heteroatoms. The summed E-state index contributed by atoms with van der Waals surface area (Å²) in [7, 11) is 2.15. The minimum atomic E-state index is 0. The van der Waals surface area contributed by atoms with Gasteiger partial charge in [0.15, 0.2) is 0 Å². The number of rotatable bonds is 0. The van der Waals surface area contributed by atoms with Crippen molar-refractivity contribution >= 4 is 29.6 Å². The number of nitrogens with zero attached hydrogens (tertiary/aromatic N) is 1. The van der Waals surface area contributed by atoms with Crippen LogP contribution < -0.4 is 5.32 Å². The van der Waals surface area contributed by atoms with E-state index >= 15 is 0 Å². The van der Waals surface area contributed by atoms with E-state index in [0.29, 0.717) is 0 Å². The number of piperazine rings is 1. The molecule has 1 radical (unpaired) electrons. The van der Waals surface area contributed by atoms with Crippen molar-refractivity contribution in [3.05, 3.63) is 0 Å². The van der Waals surface area contributed by atoms with Crippen LogP contribution >= 0.6 is 0 Å². The van der Waals surface area contributed by atoms with E-state index in [2.05, 4.69) is 17.3 Å². The standard InChI is InChI=1S/C5H12N2.Na/c1-7-4-2-6-3-5-7;/h6H,2-5H2,1H3;. The average Bonchev–Trinajstić information content (AvgIpc) is 1.69. The molecule has 0 aromatic heterocycles. The quantitative estimate of drug-likeness (QED) is 0.422. The Labute approximate surface area is 72.9 Å². The summed E-state index contributed by atoms with van der Waals surface area (Å²) >= 11 is 0. The maximum absolute atomic E-state index is 3.27. The van der Waals surface area contributed by atoms with Gasteiger partial charge in [0.05, 0.1) is 0 Å². The van der Waals surface area contributed by atoms with Crippen LogP contribution in [0, 0.1) is 0 Å². The first-order valence-electron chi connectivity index (χ1n) is 2.79. The Bertz CT molecular complexity index is 52.4. The minimum absolute atomic E-state index is 0. The molecule has 0 atom stereocenters. The predicted octanol–water partition coefficient (Wildman–Crippen LogP) is -0.859. The van der Waals surface area contributed by atoms with E-state index in [1.165, 1.54) is 13.1 Å². The third kappa shape index (κ3) is 3.05. The van der Waals surface area contributed by atoms with Crippen molar-refractivity contribution in [2.45, 2.75) is 0 Å². The third-order valence-electron chi connectivity index (χ3n) is 1.34. The van der Waals surface area contributed by atoms with Gasteiger partial charge in [-0.05, 0) is 7.05 Å². The van der Waals surface area contributed by atoms with Crippen LogP contribution in [0.5, 0.6) is 0 Å². The molecule has 0 aromatic rings. The topological polar surface area (TPSA) is 15.3 Å². The fraction of sp³-hybridized carbons (Fsp3) is 1.00. The Hall–Kier alpha value is 0.920. The van der Waals surface area contributed by atoms with Gasteiger partial charge in [-0.1, -0.05) is 0 Å². The second-order valence-corrected chi connectivity index (χ2v) is 2.05. The zero-order chi connectivity index (χ0) is 5.11. The number of likely N-dealkylation sites (N-methyl/N-ethyl adjacent to an activating group) is 1. The Balaban J connectivity index is 0.000000490. The van der Waals surface area contributed by atoms with E-state index in [4.69, 9.17) is 0 Å². The molecular formula is C5H12N2Na. The van der Waals surface area contributed by atoms with Crippen LogP contribution in [0.2, 0.25) is 0 Å². The van der Waals surface area contributed by atoms with Crippen molar-refractivity contribution in [2.75, 3.05) is 33.2 Å². The number of hydrogen-bond acceptors (Lipinski definition) is 2. The summed E-state index contributed by atoms with van der Waals surface area (Å²) in [5.74, 6) is 0. The molecule has 2 nitrogen and oxygen atoms in total. The van der Waals surface area contributed by atoms with Crippen molar-refractivity contribution in [2.24, 2.45) is 0 Å². The Morgan fingerprint density at radius 3 is 2.00 bits per heavy atom. The largest absolute Gasteiger partial charge is 0.314 e. The van der Waals surface area contributed by atoms with Gasteiger partial charge in [-0.3, -0.25) is 0 Å². The molecule has 0 saturated carbocycles. The van der Waals surface area contributed by atoms with E-state index < -0.39 is 0 Å². The first-order valence-corrected chi connectivity index (χ1v) is 2.79. The summed E-state index contributed by atoms with van der Waals surface area (Å²) in [4.78, 5) is 2.33. The molecule has 0 aromatic carbocycles. The molecule has 1 rings (SSSR count). The molecule has 0 bridgehead atoms. The monoisotopic (exact) mass is 123 g/mol. The van der Waals surface area contributed by atoms with Crippen molar-refractivity contribution in [3.8, 4) is 0 Å². The Morgan fingerprint density at radius 1 is 1.25 bits per heavy atom. The van der Waals surface area contributed by atoms with Crippen molar-refractivity contribution in [1.29, 1.82) is 0 Å². The summed E-state index contributed by atoms with van der Waals surface area (Å²) in [5, 5.41) is 3.27. The van der Waals surface area contributed by atoms with Crippen LogP contribution in [-0.4, -0.2) is 67.7 Å². The van der Waals surface area contributed by atoms with Crippen molar-refractivity contribution < 1.29 is 0 Å². The maximum atomic E-state index is 3.27. The van der Waals surface area contributed by atoms with Gasteiger partial charge in [-0.15, -0.1) is 0 Å². The van der Waals surface area contributed by atoms with Crippen LogP contribution in [0.4, 0.5) is 0 Å². The van der Waals surface area contributed by atoms with Gasteiger partial charge in [0, 0.05) is 55.7 Å². The van der Waals surface area contributed by atoms with Crippen LogP contribution in [-0.2, 0) is 0 Å². The van der Waals surface area contributed by atoms with Gasteiger partial charge >= 0.3 is 0 Å². The Morgan fingerprint density at radius 2 is 1.75 bits per heavy atom. The summed E-state index contributed by atoms with van der Waals surface area (Å²) in [5.41, 5.74) is 0. The van der Waals surface area contributed by atoms with Crippen molar-refractivity contribution in [1.82, 2.24) is 10.2 Å². The maximum Gasteiger partial charge on any atom is 0.0104 e. The molecule has 8 heavy (non-hydrogen) atoms. The second-order valence-electron chi connectivity index (χ2n) is 2.05. The van der Waals surface area contributed by atoms with Crippen LogP contribution in [0.25, 0.3) is 0 Å². The van der Waals surface area contributed by atoms with Crippen LogP contribution in [0.1, 0.15) is 0 Å². The van der Waals surface area contributed by atoms with E-state index in [1.54, 1.807) is 0 Å². The summed E-state index contributed by atoms with van der Waals surface area (Å²) in [6.45, 7) is 4.74. The molecule has 1 heterocycles. The summed E-state index contributed by atoms with van der Waals surface area (Å²) in [6.07, 6.45) is 0. The molecule has 1 fully saturated rings. The van der Waals surface area contributed by atoms with E-state index in [-0.39, 0.29) is 29.6 Å². The molecule has 1 N–H and O–H groups in total. The van der Waals surface area contributed by atoms with Gasteiger partial charge in [0.1, 0.15) is 0 Å². The first kappa shape index (κ1) is 8.92. The molecule has 1 aliphatic rings. The van der Waals surface area contributed by atoms with Gasteiger partial charge in [-0.25, -0.2) is 0 Å². The summed E-state index contributed by atoms with van der Waals surface area (Å²) in [6, 6.07) is 0. The number of nitrogens with one attached hydrogen (secondary N) is 1. The minimum Gasteiger partial charge on any atom is -0.314 e. The molecule has 0 amide bonds. The molecule has 0 aliphatic carbocycles. The predicted molar refractivity (Wildman–Crippen MR) is 36.1 cm³/mol. The average molecular weight is 123 g/mol. The molecular weight excluding hydrogens is 111 g/mol. The molecule has 0 spiro atoms. The van der Waals surface area contributed by atoms with Crippen LogP contribution in [0.15, 0.2) is 0 Å². The number of hydrogen-bond donors (Lipinski definition) is 1. The first-order chi connectivity index (χ1) is 3.39. The molecule has 1 saturated heterocycles. The van der Waals surface area contributed by atoms with Gasteiger partial charge < -0.3 is 10.2 Å². The van der Waals surface area contributed by atoms with Gasteiger partial charge in [0.25, 0.3) is 0 Å². The smallest absolute Gasteiger partial charge is 0.0104 e. The van der Waals surface area contributed by atoms with Gasteiger partial charge in [-0.2, -0.15) is 0 Å². The molecule has 0 unspecified atom stereocenters. The fourth-order valence-corrected chi connectivity index (χ4v) is 0.777. The Kier molecular flexibility index (Phi) is 5.31. The zero-order valence-corrected chi connectivity index (χ0v) is 7.78.